The highest BCUT2D eigenvalue weighted by Gasteiger charge is 2.14. The number of fused-ring (bicyclic) bond motifs is 1. The van der Waals surface area contributed by atoms with Gasteiger partial charge in [0.2, 0.25) is 5.89 Å². The lowest BCUT2D eigenvalue weighted by Crippen LogP contribution is -1.97. The number of aromatic nitrogens is 2. The van der Waals surface area contributed by atoms with Crippen molar-refractivity contribution >= 4 is 16.9 Å². The van der Waals surface area contributed by atoms with Crippen LogP contribution in [-0.4, -0.2) is 21.3 Å². The third-order valence-electron chi connectivity index (χ3n) is 2.73. The van der Waals surface area contributed by atoms with Crippen LogP contribution in [-0.2, 0) is 11.2 Å². The molecule has 6 nitrogen and oxygen atoms in total. The Morgan fingerprint density at radius 3 is 2.95 bits per heavy atom. The Bertz CT molecular complexity index is 729. The molecule has 3 aromatic rings. The molecule has 0 aliphatic rings. The van der Waals surface area contributed by atoms with E-state index in [0.29, 0.717) is 17.3 Å². The van der Waals surface area contributed by atoms with Crippen LogP contribution < -0.4 is 0 Å². The second-order valence-corrected chi connectivity index (χ2v) is 4.04. The number of carbonyl (C=O) groups is 1. The number of aryl methyl sites for hydroxylation is 1. The van der Waals surface area contributed by atoms with Crippen molar-refractivity contribution in [2.75, 3.05) is 0 Å². The Labute approximate surface area is 107 Å². The molecule has 96 valence electrons. The van der Waals surface area contributed by atoms with Gasteiger partial charge >= 0.3 is 5.97 Å². The van der Waals surface area contributed by atoms with Gasteiger partial charge in [0.1, 0.15) is 11.8 Å². The lowest BCUT2D eigenvalue weighted by Gasteiger charge is -1.91. The van der Waals surface area contributed by atoms with Crippen LogP contribution in [0.15, 0.2) is 39.4 Å². The largest absolute Gasteiger partial charge is 0.481 e. The highest BCUT2D eigenvalue weighted by Crippen LogP contribution is 2.29. The summed E-state index contributed by atoms with van der Waals surface area (Å²) in [5.41, 5.74) is 1.45. The number of carboxylic acids is 1. The fourth-order valence-corrected chi connectivity index (χ4v) is 1.82. The fraction of sp³-hybridized carbons (Fsp3) is 0.154. The van der Waals surface area contributed by atoms with E-state index in [9.17, 15) is 4.79 Å². The van der Waals surface area contributed by atoms with Crippen LogP contribution in [0.2, 0.25) is 0 Å². The van der Waals surface area contributed by atoms with Gasteiger partial charge in [0.25, 0.3) is 5.89 Å². The average molecular weight is 258 g/mol. The molecule has 0 atom stereocenters. The first-order valence-corrected chi connectivity index (χ1v) is 5.75. The maximum absolute atomic E-state index is 10.5. The predicted molar refractivity (Wildman–Crippen MR) is 65.5 cm³/mol. The maximum atomic E-state index is 10.5. The molecule has 1 aromatic carbocycles. The number of hydrogen-bond acceptors (Lipinski definition) is 5. The first kappa shape index (κ1) is 11.5. The molecule has 0 amide bonds. The van der Waals surface area contributed by atoms with Gasteiger partial charge in [-0.05, 0) is 6.07 Å². The van der Waals surface area contributed by atoms with Gasteiger partial charge in [-0.15, -0.1) is 10.2 Å². The van der Waals surface area contributed by atoms with Crippen molar-refractivity contribution in [3.63, 3.8) is 0 Å². The van der Waals surface area contributed by atoms with Crippen molar-refractivity contribution in [3.05, 3.63) is 36.4 Å². The molecule has 0 unspecified atom stereocenters. The maximum Gasteiger partial charge on any atom is 0.303 e. The summed E-state index contributed by atoms with van der Waals surface area (Å²) in [7, 11) is 0. The van der Waals surface area contributed by atoms with Gasteiger partial charge < -0.3 is 13.9 Å². The Morgan fingerprint density at radius 1 is 1.26 bits per heavy atom. The zero-order chi connectivity index (χ0) is 13.2. The lowest BCUT2D eigenvalue weighted by molar-refractivity contribution is -0.137. The van der Waals surface area contributed by atoms with Gasteiger partial charge in [-0.25, -0.2) is 0 Å². The molecule has 0 fully saturated rings. The van der Waals surface area contributed by atoms with E-state index in [2.05, 4.69) is 10.2 Å². The van der Waals surface area contributed by atoms with Crippen LogP contribution in [0, 0.1) is 0 Å². The zero-order valence-corrected chi connectivity index (χ0v) is 9.87. The molecule has 0 aliphatic carbocycles. The van der Waals surface area contributed by atoms with Gasteiger partial charge in [0, 0.05) is 11.8 Å². The standard InChI is InChI=1S/C13H10N2O4/c16-12(17)6-5-11-14-15-13(19-11)9-7-18-10-4-2-1-3-8(9)10/h1-4,7H,5-6H2,(H,16,17). The molecule has 0 bridgehead atoms. The van der Waals surface area contributed by atoms with Crippen molar-refractivity contribution in [1.82, 2.24) is 10.2 Å². The second kappa shape index (κ2) is 4.56. The van der Waals surface area contributed by atoms with Crippen LogP contribution in [0.25, 0.3) is 22.4 Å². The Balaban J connectivity index is 1.92. The van der Waals surface area contributed by atoms with Crippen molar-refractivity contribution in [3.8, 4) is 11.5 Å². The Hall–Kier alpha value is -2.63. The summed E-state index contributed by atoms with van der Waals surface area (Å²) in [6, 6.07) is 7.51. The Kier molecular flexibility index (Phi) is 2.75. The number of para-hydroxylation sites is 1. The summed E-state index contributed by atoms with van der Waals surface area (Å²) in [6.07, 6.45) is 1.74. The highest BCUT2D eigenvalue weighted by atomic mass is 16.4. The minimum absolute atomic E-state index is 0.0340. The van der Waals surface area contributed by atoms with Crippen molar-refractivity contribution in [2.45, 2.75) is 12.8 Å². The van der Waals surface area contributed by atoms with E-state index in [1.54, 1.807) is 6.26 Å². The summed E-state index contributed by atoms with van der Waals surface area (Å²) in [6.45, 7) is 0. The molecule has 2 aromatic heterocycles. The summed E-state index contributed by atoms with van der Waals surface area (Å²) in [4.78, 5) is 10.5. The third kappa shape index (κ3) is 2.20. The molecule has 19 heavy (non-hydrogen) atoms. The third-order valence-corrected chi connectivity index (χ3v) is 2.73. The van der Waals surface area contributed by atoms with Crippen LogP contribution in [0.4, 0.5) is 0 Å². The van der Waals surface area contributed by atoms with E-state index in [-0.39, 0.29) is 12.8 Å². The number of carboxylic acid groups (broad SMARTS) is 1. The van der Waals surface area contributed by atoms with Gasteiger partial charge in [-0.1, -0.05) is 18.2 Å². The molecule has 0 saturated carbocycles. The van der Waals surface area contributed by atoms with E-state index in [1.165, 1.54) is 0 Å². The predicted octanol–water partition coefficient (Wildman–Crippen LogP) is 2.50. The number of nitrogens with zero attached hydrogens (tertiary/aromatic N) is 2. The van der Waals surface area contributed by atoms with E-state index in [1.807, 2.05) is 24.3 Å². The van der Waals surface area contributed by atoms with Crippen LogP contribution in [0.3, 0.4) is 0 Å². The van der Waals surface area contributed by atoms with Crippen molar-refractivity contribution in [1.29, 1.82) is 0 Å². The molecule has 0 spiro atoms. The van der Waals surface area contributed by atoms with Crippen LogP contribution in [0.1, 0.15) is 12.3 Å². The number of aliphatic carboxylic acids is 1. The van der Waals surface area contributed by atoms with Crippen LogP contribution in [0.5, 0.6) is 0 Å². The minimum atomic E-state index is -0.895. The summed E-state index contributed by atoms with van der Waals surface area (Å²) >= 11 is 0. The number of furan rings is 1. The zero-order valence-electron chi connectivity index (χ0n) is 9.87. The van der Waals surface area contributed by atoms with E-state index in [0.717, 1.165) is 11.0 Å². The average Bonchev–Trinajstić information content (AvgIpc) is 3.02. The second-order valence-electron chi connectivity index (χ2n) is 4.04. The van der Waals surface area contributed by atoms with Gasteiger partial charge in [-0.2, -0.15) is 0 Å². The molecule has 1 N–H and O–H groups in total. The SMILES string of the molecule is O=C(O)CCc1nnc(-c2coc3ccccc23)o1. The van der Waals surface area contributed by atoms with Gasteiger partial charge in [0.05, 0.1) is 12.0 Å². The Morgan fingerprint density at radius 2 is 2.11 bits per heavy atom. The highest BCUT2D eigenvalue weighted by molar-refractivity contribution is 5.91. The summed E-state index contributed by atoms with van der Waals surface area (Å²) in [5.74, 6) is -0.249. The molecule has 2 heterocycles. The normalized spacial score (nSPS) is 10.9. The first-order valence-electron chi connectivity index (χ1n) is 5.75. The number of benzene rings is 1. The number of hydrogen-bond donors (Lipinski definition) is 1. The van der Waals surface area contributed by atoms with E-state index < -0.39 is 5.97 Å². The van der Waals surface area contributed by atoms with Crippen molar-refractivity contribution < 1.29 is 18.7 Å². The molecule has 0 radical (unpaired) electrons. The fourth-order valence-electron chi connectivity index (χ4n) is 1.82. The van der Waals surface area contributed by atoms with E-state index in [4.69, 9.17) is 13.9 Å². The van der Waals surface area contributed by atoms with E-state index >= 15 is 0 Å². The van der Waals surface area contributed by atoms with Crippen molar-refractivity contribution in [2.24, 2.45) is 0 Å². The monoisotopic (exact) mass is 258 g/mol. The van der Waals surface area contributed by atoms with Crippen LogP contribution >= 0.6 is 0 Å². The number of rotatable bonds is 4. The molecule has 0 saturated heterocycles. The van der Waals surface area contributed by atoms with Gasteiger partial charge in [-0.3, -0.25) is 4.79 Å². The topological polar surface area (TPSA) is 89.4 Å². The summed E-state index contributed by atoms with van der Waals surface area (Å²) < 4.78 is 10.8. The van der Waals surface area contributed by atoms with Gasteiger partial charge in [0.15, 0.2) is 0 Å². The minimum Gasteiger partial charge on any atom is -0.481 e. The quantitative estimate of drug-likeness (QED) is 0.773. The smallest absolute Gasteiger partial charge is 0.303 e. The molecule has 3 rings (SSSR count). The lowest BCUT2D eigenvalue weighted by atomic mass is 10.2. The first-order chi connectivity index (χ1) is 9.24. The molecule has 0 aliphatic heterocycles. The molecular weight excluding hydrogens is 248 g/mol. The summed E-state index contributed by atoms with van der Waals surface area (Å²) in [5, 5.41) is 17.2. The molecular formula is C13H10N2O4. The molecule has 6 heteroatoms.